The molecule has 0 bridgehead atoms. The van der Waals surface area contributed by atoms with E-state index in [2.05, 4.69) is 21.3 Å². The maximum absolute atomic E-state index is 12.2. The zero-order valence-corrected chi connectivity index (χ0v) is 15.6. The van der Waals surface area contributed by atoms with Crippen molar-refractivity contribution in [3.63, 3.8) is 0 Å². The van der Waals surface area contributed by atoms with Crippen molar-refractivity contribution in [1.29, 1.82) is 0 Å². The summed E-state index contributed by atoms with van der Waals surface area (Å²) in [6, 6.07) is 4.02. The number of unbranched alkanes of at least 4 members (excludes halogenated alkanes) is 1. The summed E-state index contributed by atoms with van der Waals surface area (Å²) in [5.74, 6) is 0.747. The summed E-state index contributed by atoms with van der Waals surface area (Å²) in [6.07, 6.45) is 7.53. The SMILES string of the molecule is CCCCc1nc(/C=C(\Cc2cccs2)C(=O)OCC)cn1P. The molecule has 0 fully saturated rings. The number of carbonyl (C=O) groups is 1. The summed E-state index contributed by atoms with van der Waals surface area (Å²) in [6.45, 7) is 4.36. The molecule has 1 atom stereocenters. The molecule has 2 aromatic heterocycles. The molecule has 0 saturated carbocycles. The highest BCUT2D eigenvalue weighted by Gasteiger charge is 2.14. The minimum Gasteiger partial charge on any atom is -0.463 e. The lowest BCUT2D eigenvalue weighted by atomic mass is 10.1. The number of esters is 1. The molecule has 0 saturated heterocycles. The zero-order valence-electron chi connectivity index (χ0n) is 13.6. The third-order valence-electron chi connectivity index (χ3n) is 3.39. The van der Waals surface area contributed by atoms with Crippen LogP contribution >= 0.6 is 20.7 Å². The van der Waals surface area contributed by atoms with E-state index in [9.17, 15) is 4.79 Å². The van der Waals surface area contributed by atoms with Gasteiger partial charge in [-0.2, -0.15) is 0 Å². The Morgan fingerprint density at radius 1 is 1.48 bits per heavy atom. The van der Waals surface area contributed by atoms with Gasteiger partial charge in [-0.15, -0.1) is 11.3 Å². The topological polar surface area (TPSA) is 44.1 Å². The Kier molecular flexibility index (Phi) is 7.00. The Bertz CT molecular complexity index is 662. The largest absolute Gasteiger partial charge is 0.463 e. The first kappa shape index (κ1) is 17.9. The Morgan fingerprint density at radius 3 is 2.96 bits per heavy atom. The smallest absolute Gasteiger partial charge is 0.334 e. The van der Waals surface area contributed by atoms with Gasteiger partial charge in [0.25, 0.3) is 0 Å². The molecule has 0 radical (unpaired) electrons. The second-order valence-electron chi connectivity index (χ2n) is 5.24. The van der Waals surface area contributed by atoms with Gasteiger partial charge in [0.15, 0.2) is 0 Å². The summed E-state index contributed by atoms with van der Waals surface area (Å²) in [5, 5.41) is 2.01. The Morgan fingerprint density at radius 2 is 2.30 bits per heavy atom. The van der Waals surface area contributed by atoms with Crippen LogP contribution in [0.5, 0.6) is 0 Å². The van der Waals surface area contributed by atoms with Crippen LogP contribution in [-0.2, 0) is 22.4 Å². The van der Waals surface area contributed by atoms with Crippen LogP contribution in [0.25, 0.3) is 6.08 Å². The van der Waals surface area contributed by atoms with E-state index in [0.29, 0.717) is 18.6 Å². The van der Waals surface area contributed by atoms with Crippen LogP contribution < -0.4 is 0 Å². The molecule has 2 rings (SSSR count). The predicted molar refractivity (Wildman–Crippen MR) is 98.6 cm³/mol. The fourth-order valence-electron chi connectivity index (χ4n) is 2.23. The molecule has 23 heavy (non-hydrogen) atoms. The fourth-order valence-corrected chi connectivity index (χ4v) is 3.29. The summed E-state index contributed by atoms with van der Waals surface area (Å²) in [7, 11) is 2.66. The maximum Gasteiger partial charge on any atom is 0.334 e. The average Bonchev–Trinajstić information content (AvgIpc) is 3.15. The molecule has 4 nitrogen and oxygen atoms in total. The van der Waals surface area contributed by atoms with Crippen LogP contribution in [0, 0.1) is 0 Å². The molecule has 124 valence electrons. The van der Waals surface area contributed by atoms with Crippen molar-refractivity contribution >= 4 is 32.8 Å². The van der Waals surface area contributed by atoms with E-state index in [4.69, 9.17) is 4.74 Å². The Hall–Kier alpha value is -1.45. The van der Waals surface area contributed by atoms with Crippen molar-refractivity contribution < 1.29 is 9.53 Å². The lowest BCUT2D eigenvalue weighted by Gasteiger charge is -2.05. The average molecular weight is 350 g/mol. The molecule has 0 aliphatic rings. The van der Waals surface area contributed by atoms with Gasteiger partial charge in [-0.3, -0.25) is 0 Å². The summed E-state index contributed by atoms with van der Waals surface area (Å²) in [5.41, 5.74) is 1.44. The third kappa shape index (κ3) is 5.29. The molecule has 2 heterocycles. The van der Waals surface area contributed by atoms with Crippen LogP contribution in [0.15, 0.2) is 29.3 Å². The third-order valence-corrected chi connectivity index (χ3v) is 4.71. The van der Waals surface area contributed by atoms with E-state index in [1.54, 1.807) is 11.3 Å². The minimum absolute atomic E-state index is 0.269. The zero-order chi connectivity index (χ0) is 16.7. The molecule has 0 aromatic carbocycles. The first-order valence-corrected chi connectivity index (χ1v) is 9.27. The van der Waals surface area contributed by atoms with Crippen LogP contribution in [0.4, 0.5) is 0 Å². The first-order valence-electron chi connectivity index (χ1n) is 7.87. The van der Waals surface area contributed by atoms with E-state index >= 15 is 0 Å². The molecule has 0 spiro atoms. The van der Waals surface area contributed by atoms with Gasteiger partial charge in [-0.25, -0.2) is 9.78 Å². The van der Waals surface area contributed by atoms with Crippen LogP contribution in [0.2, 0.25) is 0 Å². The van der Waals surface area contributed by atoms with Gasteiger partial charge in [0.2, 0.25) is 0 Å². The lowest BCUT2D eigenvalue weighted by Crippen LogP contribution is -2.09. The molecule has 0 aliphatic carbocycles. The number of ether oxygens (including phenoxy) is 1. The van der Waals surface area contributed by atoms with Crippen molar-refractivity contribution in [2.45, 2.75) is 39.5 Å². The van der Waals surface area contributed by atoms with E-state index in [1.165, 1.54) is 0 Å². The van der Waals surface area contributed by atoms with Crippen molar-refractivity contribution in [1.82, 2.24) is 9.32 Å². The van der Waals surface area contributed by atoms with Crippen molar-refractivity contribution in [3.05, 3.63) is 45.7 Å². The van der Waals surface area contributed by atoms with Gasteiger partial charge in [0.05, 0.1) is 12.3 Å². The summed E-state index contributed by atoms with van der Waals surface area (Å²) in [4.78, 5) is 18.0. The van der Waals surface area contributed by atoms with Crippen LogP contribution in [0.1, 0.15) is 43.1 Å². The highest BCUT2D eigenvalue weighted by molar-refractivity contribution is 7.14. The molecule has 0 aliphatic heterocycles. The van der Waals surface area contributed by atoms with Gasteiger partial charge in [0, 0.05) is 29.5 Å². The molecular formula is C17H23N2O2PS. The van der Waals surface area contributed by atoms with E-state index in [-0.39, 0.29) is 5.97 Å². The lowest BCUT2D eigenvalue weighted by molar-refractivity contribution is -0.138. The number of carbonyl (C=O) groups excluding carboxylic acids is 1. The molecule has 2 aromatic rings. The van der Waals surface area contributed by atoms with Gasteiger partial charge >= 0.3 is 5.97 Å². The molecule has 1 unspecified atom stereocenters. The molecule has 0 amide bonds. The number of thiophene rings is 1. The monoisotopic (exact) mass is 350 g/mol. The van der Waals surface area contributed by atoms with Crippen molar-refractivity contribution in [3.8, 4) is 0 Å². The quantitative estimate of drug-likeness (QED) is 0.409. The van der Waals surface area contributed by atoms with Gasteiger partial charge in [0.1, 0.15) is 5.82 Å². The van der Waals surface area contributed by atoms with E-state index in [1.807, 2.05) is 41.0 Å². The second kappa shape index (κ2) is 8.99. The minimum atomic E-state index is -0.269. The Balaban J connectivity index is 2.23. The molecular weight excluding hydrogens is 327 g/mol. The van der Waals surface area contributed by atoms with Gasteiger partial charge < -0.3 is 9.07 Å². The highest BCUT2D eigenvalue weighted by Crippen LogP contribution is 2.19. The van der Waals surface area contributed by atoms with E-state index in [0.717, 1.165) is 35.7 Å². The van der Waals surface area contributed by atoms with Gasteiger partial charge in [-0.05, 0) is 40.3 Å². The number of imidazole rings is 1. The standard InChI is InChI=1S/C17H23N2O2PS/c1-3-5-8-16-18-14(12-19(16)22)10-13(17(20)21-4-2)11-15-7-6-9-23-15/h6-7,9-10,12H,3-5,8,11,22H2,1-2H3/b13-10+. The number of rotatable bonds is 8. The first-order chi connectivity index (χ1) is 11.1. The fraction of sp³-hybridized carbons (Fsp3) is 0.412. The van der Waals surface area contributed by atoms with Crippen LogP contribution in [0.3, 0.4) is 0 Å². The van der Waals surface area contributed by atoms with E-state index < -0.39 is 0 Å². The second-order valence-corrected chi connectivity index (χ2v) is 6.83. The normalized spacial score (nSPS) is 11.7. The number of aromatic nitrogens is 2. The highest BCUT2D eigenvalue weighted by atomic mass is 32.1. The number of aryl methyl sites for hydroxylation is 1. The van der Waals surface area contributed by atoms with Crippen LogP contribution in [-0.4, -0.2) is 21.9 Å². The van der Waals surface area contributed by atoms with Crippen molar-refractivity contribution in [2.24, 2.45) is 0 Å². The van der Waals surface area contributed by atoms with Gasteiger partial charge in [-0.1, -0.05) is 19.4 Å². The summed E-state index contributed by atoms with van der Waals surface area (Å²) < 4.78 is 7.14. The Labute approximate surface area is 143 Å². The van der Waals surface area contributed by atoms with Crippen molar-refractivity contribution in [2.75, 3.05) is 6.61 Å². The summed E-state index contributed by atoms with van der Waals surface area (Å²) >= 11 is 1.64. The maximum atomic E-state index is 12.2. The molecule has 0 N–H and O–H groups in total. The molecule has 6 heteroatoms. The number of hydrogen-bond acceptors (Lipinski definition) is 4. The number of nitrogens with zero attached hydrogens (tertiary/aromatic N) is 2. The number of hydrogen-bond donors (Lipinski definition) is 0. The predicted octanol–water partition coefficient (Wildman–Crippen LogP) is 4.11.